The smallest absolute Gasteiger partial charge is 0.229 e. The van der Waals surface area contributed by atoms with Crippen LogP contribution in [0.2, 0.25) is 0 Å². The van der Waals surface area contributed by atoms with Crippen LogP contribution in [0.15, 0.2) is 35.9 Å². The van der Waals surface area contributed by atoms with Gasteiger partial charge in [-0.1, -0.05) is 43.5 Å². The van der Waals surface area contributed by atoms with Crippen LogP contribution in [0, 0.1) is 17.8 Å². The fourth-order valence-electron chi connectivity index (χ4n) is 10.1. The maximum Gasteiger partial charge on any atom is 0.229 e. The highest BCUT2D eigenvalue weighted by molar-refractivity contribution is 5.99. The van der Waals surface area contributed by atoms with Crippen molar-refractivity contribution in [2.45, 2.75) is 75.0 Å². The number of para-hydroxylation sites is 1. The summed E-state index contributed by atoms with van der Waals surface area (Å²) in [4.78, 5) is 15.9. The van der Waals surface area contributed by atoms with Crippen LogP contribution in [-0.4, -0.2) is 54.8 Å². The number of hydrogen-bond acceptors (Lipinski definition) is 2. The molecule has 1 aromatic rings. The minimum absolute atomic E-state index is 0.105. The van der Waals surface area contributed by atoms with Crippen molar-refractivity contribution in [3.8, 4) is 0 Å². The van der Waals surface area contributed by atoms with Gasteiger partial charge in [0, 0.05) is 30.4 Å². The first-order chi connectivity index (χ1) is 15.7. The number of piperidine rings is 2. The molecule has 5 heterocycles. The van der Waals surface area contributed by atoms with Crippen molar-refractivity contribution in [3.05, 3.63) is 41.5 Å². The average molecular weight is 432 g/mol. The van der Waals surface area contributed by atoms with Crippen LogP contribution >= 0.6 is 0 Å². The lowest BCUT2D eigenvalue weighted by molar-refractivity contribution is -0.946. The summed E-state index contributed by atoms with van der Waals surface area (Å²) in [6, 6.07) is 9.98. The lowest BCUT2D eigenvalue weighted by atomic mass is 9.53. The van der Waals surface area contributed by atoms with Crippen molar-refractivity contribution < 1.29 is 14.0 Å². The molecule has 0 aromatic heterocycles. The first kappa shape index (κ1) is 18.7. The van der Waals surface area contributed by atoms with E-state index in [1.165, 1.54) is 80.3 Å². The SMILES string of the molecule is O=C1C[C@@H]2OCC=C3C[N+]4(CC5CCCCC5)CC[C@]56c7ccccc7N1[C@H]5[C@H]2[C@H]3C[C@@H]64. The van der Waals surface area contributed by atoms with E-state index in [4.69, 9.17) is 4.74 Å². The molecule has 0 radical (unpaired) electrons. The second-order valence-electron chi connectivity index (χ2n) is 12.1. The van der Waals surface area contributed by atoms with Crippen LogP contribution in [0.5, 0.6) is 0 Å². The topological polar surface area (TPSA) is 29.5 Å². The van der Waals surface area contributed by atoms with E-state index >= 15 is 0 Å². The summed E-state index contributed by atoms with van der Waals surface area (Å²) in [7, 11) is 0. The van der Waals surface area contributed by atoms with Gasteiger partial charge in [0.1, 0.15) is 12.6 Å². The molecule has 5 fully saturated rings. The number of carbonyl (C=O) groups excluding carboxylic acids is 1. The number of fused-ring (bicyclic) bond motifs is 2. The van der Waals surface area contributed by atoms with E-state index in [0.29, 0.717) is 42.9 Å². The van der Waals surface area contributed by atoms with Crippen molar-refractivity contribution in [2.75, 3.05) is 31.1 Å². The molecule has 0 N–H and O–H groups in total. The number of carbonyl (C=O) groups is 1. The number of amides is 1. The second kappa shape index (κ2) is 6.27. The van der Waals surface area contributed by atoms with Gasteiger partial charge in [-0.05, 0) is 36.0 Å². The van der Waals surface area contributed by atoms with Gasteiger partial charge in [-0.2, -0.15) is 0 Å². The Labute approximate surface area is 191 Å². The Kier molecular flexibility index (Phi) is 3.67. The number of hydrogen-bond donors (Lipinski definition) is 0. The van der Waals surface area contributed by atoms with Gasteiger partial charge in [0.05, 0.1) is 43.7 Å². The number of ether oxygens (including phenoxy) is 1. The number of rotatable bonds is 2. The minimum atomic E-state index is 0.105. The van der Waals surface area contributed by atoms with Gasteiger partial charge in [0.15, 0.2) is 0 Å². The quantitative estimate of drug-likeness (QED) is 0.519. The molecule has 2 bridgehead atoms. The van der Waals surface area contributed by atoms with E-state index in [0.717, 1.165) is 5.92 Å². The standard InChI is InChI=1S/C28H35N2O2/c31-25-15-23-26-20-14-24-28(21-8-4-5-9-22(21)29(25)27(26)28)11-12-30(24,17-19(20)10-13-32-23)16-18-6-2-1-3-7-18/h4-5,8-10,18,20,23-24,26-27H,1-3,6-7,11-17H2/q+1/t20-,23-,24-,26-,27-,28+,30?/m0/s1. The Bertz CT molecular complexity index is 1030. The summed E-state index contributed by atoms with van der Waals surface area (Å²) in [5, 5.41) is 0. The summed E-state index contributed by atoms with van der Waals surface area (Å²) in [5.41, 5.74) is 4.56. The van der Waals surface area contributed by atoms with Gasteiger partial charge in [0.2, 0.25) is 5.91 Å². The molecule has 1 aromatic carbocycles. The molecule has 2 aliphatic carbocycles. The van der Waals surface area contributed by atoms with Crippen LogP contribution < -0.4 is 4.90 Å². The fraction of sp³-hybridized carbons (Fsp3) is 0.679. The minimum Gasteiger partial charge on any atom is -0.373 e. The van der Waals surface area contributed by atoms with Crippen molar-refractivity contribution >= 4 is 11.6 Å². The van der Waals surface area contributed by atoms with E-state index in [9.17, 15) is 4.79 Å². The highest BCUT2D eigenvalue weighted by atomic mass is 16.5. The molecule has 8 rings (SSSR count). The third kappa shape index (κ3) is 2.11. The number of anilines is 1. The predicted molar refractivity (Wildman–Crippen MR) is 123 cm³/mol. The second-order valence-corrected chi connectivity index (χ2v) is 12.1. The lowest BCUT2D eigenvalue weighted by Gasteiger charge is -2.60. The summed E-state index contributed by atoms with van der Waals surface area (Å²) < 4.78 is 7.75. The molecule has 7 atom stereocenters. The molecule has 7 aliphatic rings. The van der Waals surface area contributed by atoms with E-state index in [-0.39, 0.29) is 11.5 Å². The maximum absolute atomic E-state index is 13.6. The van der Waals surface area contributed by atoms with E-state index < -0.39 is 0 Å². The van der Waals surface area contributed by atoms with E-state index in [2.05, 4.69) is 35.2 Å². The summed E-state index contributed by atoms with van der Waals surface area (Å²) >= 11 is 0. The van der Waals surface area contributed by atoms with Gasteiger partial charge >= 0.3 is 0 Å². The Morgan fingerprint density at radius 3 is 2.94 bits per heavy atom. The zero-order valence-corrected chi connectivity index (χ0v) is 19.0. The molecule has 2 saturated carbocycles. The molecular formula is C28H35N2O2+. The first-order valence-corrected chi connectivity index (χ1v) is 13.3. The van der Waals surface area contributed by atoms with Gasteiger partial charge in [0.25, 0.3) is 0 Å². The molecule has 1 amide bonds. The zero-order valence-electron chi connectivity index (χ0n) is 19.0. The Morgan fingerprint density at radius 1 is 1.16 bits per heavy atom. The average Bonchev–Trinajstić information content (AvgIpc) is 3.24. The van der Waals surface area contributed by atoms with Crippen LogP contribution in [0.3, 0.4) is 0 Å². The van der Waals surface area contributed by atoms with Crippen molar-refractivity contribution in [3.63, 3.8) is 0 Å². The molecular weight excluding hydrogens is 396 g/mol. The predicted octanol–water partition coefficient (Wildman–Crippen LogP) is 4.19. The molecule has 3 saturated heterocycles. The monoisotopic (exact) mass is 431 g/mol. The number of nitrogens with zero attached hydrogens (tertiary/aromatic N) is 2. The van der Waals surface area contributed by atoms with Crippen LogP contribution in [-0.2, 0) is 14.9 Å². The summed E-state index contributed by atoms with van der Waals surface area (Å²) in [6.45, 7) is 4.63. The molecule has 1 spiro atoms. The van der Waals surface area contributed by atoms with Crippen molar-refractivity contribution in [1.29, 1.82) is 0 Å². The summed E-state index contributed by atoms with van der Waals surface area (Å²) in [5.74, 6) is 2.29. The van der Waals surface area contributed by atoms with E-state index in [1.807, 2.05) is 0 Å². The fourth-order valence-corrected chi connectivity index (χ4v) is 10.1. The largest absolute Gasteiger partial charge is 0.373 e. The maximum atomic E-state index is 13.6. The van der Waals surface area contributed by atoms with Gasteiger partial charge < -0.3 is 14.1 Å². The number of benzene rings is 1. The Morgan fingerprint density at radius 2 is 2.03 bits per heavy atom. The molecule has 5 aliphatic heterocycles. The van der Waals surface area contributed by atoms with Crippen LogP contribution in [0.4, 0.5) is 5.69 Å². The molecule has 168 valence electrons. The van der Waals surface area contributed by atoms with Gasteiger partial charge in [-0.3, -0.25) is 4.79 Å². The van der Waals surface area contributed by atoms with Crippen LogP contribution in [0.1, 0.15) is 56.9 Å². The summed E-state index contributed by atoms with van der Waals surface area (Å²) in [6.07, 6.45) is 12.8. The van der Waals surface area contributed by atoms with Gasteiger partial charge in [-0.15, -0.1) is 0 Å². The first-order valence-electron chi connectivity index (χ1n) is 13.3. The highest BCUT2D eigenvalue weighted by Gasteiger charge is 2.76. The van der Waals surface area contributed by atoms with Crippen LogP contribution in [0.25, 0.3) is 0 Å². The third-order valence-corrected chi connectivity index (χ3v) is 11.1. The zero-order chi connectivity index (χ0) is 21.1. The third-order valence-electron chi connectivity index (χ3n) is 11.1. The highest BCUT2D eigenvalue weighted by Crippen LogP contribution is 2.67. The Balaban J connectivity index is 1.33. The molecule has 4 heteroatoms. The molecule has 1 unspecified atom stereocenters. The Hall–Kier alpha value is -1.65. The molecule has 4 nitrogen and oxygen atoms in total. The molecule has 32 heavy (non-hydrogen) atoms. The number of quaternary nitrogens is 1. The van der Waals surface area contributed by atoms with Crippen molar-refractivity contribution in [1.82, 2.24) is 0 Å². The van der Waals surface area contributed by atoms with Gasteiger partial charge in [-0.25, -0.2) is 0 Å². The van der Waals surface area contributed by atoms with Crippen molar-refractivity contribution in [2.24, 2.45) is 17.8 Å². The normalized spacial score (nSPS) is 46.0. The lowest BCUT2D eigenvalue weighted by Crippen LogP contribution is -2.73. The van der Waals surface area contributed by atoms with E-state index in [1.54, 1.807) is 5.57 Å².